The summed E-state index contributed by atoms with van der Waals surface area (Å²) in [4.78, 5) is 21.9. The zero-order chi connectivity index (χ0) is 11.6. The zero-order valence-electron chi connectivity index (χ0n) is 8.63. The summed E-state index contributed by atoms with van der Waals surface area (Å²) in [5.74, 6) is -4.19. The highest BCUT2D eigenvalue weighted by Gasteiger charge is 2.42. The van der Waals surface area contributed by atoms with Gasteiger partial charge in [0.05, 0.1) is 12.6 Å². The summed E-state index contributed by atoms with van der Waals surface area (Å²) in [5.41, 5.74) is 4.91. The second-order valence-electron chi connectivity index (χ2n) is 3.63. The predicted molar refractivity (Wildman–Crippen MR) is 55.4 cm³/mol. The standard InChI is InChI=1S/C8H13F2N3O2.ClH/c1-4(6(11)14)13-7(15)5-2-8(9,10)3-12-5;/h4-5,12H,2-3H2,1H3,(H2,11,14)(H,13,15);1H/t4-,5?;/m0./s1. The van der Waals surface area contributed by atoms with Gasteiger partial charge in [-0.05, 0) is 6.92 Å². The molecule has 0 radical (unpaired) electrons. The third-order valence-corrected chi connectivity index (χ3v) is 2.21. The lowest BCUT2D eigenvalue weighted by Gasteiger charge is -2.14. The third-order valence-electron chi connectivity index (χ3n) is 2.21. The molecule has 1 heterocycles. The summed E-state index contributed by atoms with van der Waals surface area (Å²) < 4.78 is 25.4. The lowest BCUT2D eigenvalue weighted by Crippen LogP contribution is -2.48. The van der Waals surface area contributed by atoms with Crippen LogP contribution in [0.2, 0.25) is 0 Å². The van der Waals surface area contributed by atoms with Gasteiger partial charge in [-0.1, -0.05) is 0 Å². The molecule has 16 heavy (non-hydrogen) atoms. The van der Waals surface area contributed by atoms with Gasteiger partial charge in [0.25, 0.3) is 5.92 Å². The molecule has 1 fully saturated rings. The maximum Gasteiger partial charge on any atom is 0.262 e. The van der Waals surface area contributed by atoms with Crippen LogP contribution in [0.3, 0.4) is 0 Å². The number of halogens is 3. The topological polar surface area (TPSA) is 84.2 Å². The van der Waals surface area contributed by atoms with Gasteiger partial charge in [0.2, 0.25) is 11.8 Å². The summed E-state index contributed by atoms with van der Waals surface area (Å²) in [6.07, 6.45) is -0.551. The fourth-order valence-corrected chi connectivity index (χ4v) is 1.29. The molecule has 1 aliphatic rings. The minimum absolute atomic E-state index is 0. The molecular weight excluding hydrogens is 244 g/mol. The van der Waals surface area contributed by atoms with Gasteiger partial charge in [-0.15, -0.1) is 12.4 Å². The van der Waals surface area contributed by atoms with E-state index in [0.717, 1.165) is 0 Å². The van der Waals surface area contributed by atoms with Crippen molar-refractivity contribution in [3.63, 3.8) is 0 Å². The lowest BCUT2D eigenvalue weighted by molar-refractivity contribution is -0.128. The number of amides is 2. The van der Waals surface area contributed by atoms with E-state index in [1.54, 1.807) is 0 Å². The number of primary amides is 1. The van der Waals surface area contributed by atoms with Crippen LogP contribution in [0.5, 0.6) is 0 Å². The molecule has 94 valence electrons. The summed E-state index contributed by atoms with van der Waals surface area (Å²) in [6.45, 7) is 0.878. The van der Waals surface area contributed by atoms with E-state index in [2.05, 4.69) is 10.6 Å². The Labute approximate surface area is 97.5 Å². The molecule has 8 heteroatoms. The Hall–Kier alpha value is -0.950. The molecule has 2 atom stereocenters. The number of alkyl halides is 2. The summed E-state index contributed by atoms with van der Waals surface area (Å²) in [6, 6.07) is -1.81. The van der Waals surface area contributed by atoms with Crippen molar-refractivity contribution in [2.24, 2.45) is 5.73 Å². The van der Waals surface area contributed by atoms with E-state index in [4.69, 9.17) is 5.73 Å². The Kier molecular flexibility index (Phi) is 5.08. The largest absolute Gasteiger partial charge is 0.368 e. The Morgan fingerprint density at radius 1 is 1.56 bits per heavy atom. The number of carbonyl (C=O) groups is 2. The summed E-state index contributed by atoms with van der Waals surface area (Å²) in [7, 11) is 0. The molecule has 0 aromatic heterocycles. The van der Waals surface area contributed by atoms with Crippen LogP contribution in [0, 0.1) is 0 Å². The van der Waals surface area contributed by atoms with Crippen molar-refractivity contribution in [3.05, 3.63) is 0 Å². The van der Waals surface area contributed by atoms with Crippen LogP contribution in [0.1, 0.15) is 13.3 Å². The van der Waals surface area contributed by atoms with Crippen LogP contribution in [0.25, 0.3) is 0 Å². The quantitative estimate of drug-likeness (QED) is 0.631. The van der Waals surface area contributed by atoms with E-state index in [1.165, 1.54) is 6.92 Å². The first kappa shape index (κ1) is 15.0. The molecule has 0 aromatic carbocycles. The van der Waals surface area contributed by atoms with Crippen molar-refractivity contribution in [2.75, 3.05) is 6.54 Å². The van der Waals surface area contributed by atoms with E-state index < -0.39 is 42.8 Å². The highest BCUT2D eigenvalue weighted by Crippen LogP contribution is 2.24. The number of nitrogens with two attached hydrogens (primary N) is 1. The number of rotatable bonds is 3. The number of hydrogen-bond acceptors (Lipinski definition) is 3. The highest BCUT2D eigenvalue weighted by atomic mass is 35.5. The van der Waals surface area contributed by atoms with Gasteiger partial charge >= 0.3 is 0 Å². The number of hydrogen-bond donors (Lipinski definition) is 3. The maximum absolute atomic E-state index is 12.7. The molecule has 1 aliphatic heterocycles. The molecule has 4 N–H and O–H groups in total. The predicted octanol–water partition coefficient (Wildman–Crippen LogP) is -0.605. The molecular formula is C8H14ClF2N3O2. The molecule has 5 nitrogen and oxygen atoms in total. The minimum Gasteiger partial charge on any atom is -0.368 e. The number of carbonyl (C=O) groups excluding carboxylic acids is 2. The summed E-state index contributed by atoms with van der Waals surface area (Å²) in [5, 5.41) is 4.63. The van der Waals surface area contributed by atoms with Gasteiger partial charge in [0.1, 0.15) is 6.04 Å². The van der Waals surface area contributed by atoms with E-state index in [0.29, 0.717) is 0 Å². The van der Waals surface area contributed by atoms with E-state index in [9.17, 15) is 18.4 Å². The van der Waals surface area contributed by atoms with Gasteiger partial charge in [0.15, 0.2) is 0 Å². The molecule has 1 unspecified atom stereocenters. The van der Waals surface area contributed by atoms with Crippen molar-refractivity contribution >= 4 is 24.2 Å². The third kappa shape index (κ3) is 3.90. The Morgan fingerprint density at radius 2 is 2.12 bits per heavy atom. The van der Waals surface area contributed by atoms with E-state index >= 15 is 0 Å². The molecule has 2 amide bonds. The van der Waals surface area contributed by atoms with Crippen LogP contribution < -0.4 is 16.4 Å². The Morgan fingerprint density at radius 3 is 2.50 bits per heavy atom. The summed E-state index contributed by atoms with van der Waals surface area (Å²) >= 11 is 0. The first-order chi connectivity index (χ1) is 6.82. The Balaban J connectivity index is 0.00000225. The smallest absolute Gasteiger partial charge is 0.262 e. The molecule has 0 bridgehead atoms. The minimum atomic E-state index is -2.86. The van der Waals surface area contributed by atoms with Gasteiger partial charge in [-0.3, -0.25) is 14.9 Å². The first-order valence-electron chi connectivity index (χ1n) is 4.53. The van der Waals surface area contributed by atoms with Crippen molar-refractivity contribution < 1.29 is 18.4 Å². The van der Waals surface area contributed by atoms with Crippen LogP contribution in [0.4, 0.5) is 8.78 Å². The van der Waals surface area contributed by atoms with Gasteiger partial charge in [-0.25, -0.2) is 8.78 Å². The van der Waals surface area contributed by atoms with Gasteiger partial charge in [-0.2, -0.15) is 0 Å². The normalized spacial score (nSPS) is 24.3. The van der Waals surface area contributed by atoms with E-state index in [1.807, 2.05) is 0 Å². The monoisotopic (exact) mass is 257 g/mol. The maximum atomic E-state index is 12.7. The number of nitrogens with one attached hydrogen (secondary N) is 2. The molecule has 0 aromatic rings. The SMILES string of the molecule is C[C@H](NC(=O)C1CC(F)(F)CN1)C(N)=O.Cl. The zero-order valence-corrected chi connectivity index (χ0v) is 9.44. The van der Waals surface area contributed by atoms with Crippen molar-refractivity contribution in [1.82, 2.24) is 10.6 Å². The van der Waals surface area contributed by atoms with Gasteiger partial charge < -0.3 is 11.1 Å². The molecule has 1 saturated heterocycles. The molecule has 0 saturated carbocycles. The van der Waals surface area contributed by atoms with Gasteiger partial charge in [0, 0.05) is 6.42 Å². The van der Waals surface area contributed by atoms with Crippen LogP contribution in [-0.4, -0.2) is 36.4 Å². The lowest BCUT2D eigenvalue weighted by atomic mass is 10.1. The first-order valence-corrected chi connectivity index (χ1v) is 4.53. The van der Waals surface area contributed by atoms with Crippen LogP contribution in [0.15, 0.2) is 0 Å². The fourth-order valence-electron chi connectivity index (χ4n) is 1.29. The van der Waals surface area contributed by atoms with Crippen molar-refractivity contribution in [1.29, 1.82) is 0 Å². The fraction of sp³-hybridized carbons (Fsp3) is 0.750. The van der Waals surface area contributed by atoms with E-state index in [-0.39, 0.29) is 12.4 Å². The van der Waals surface area contributed by atoms with Crippen LogP contribution in [-0.2, 0) is 9.59 Å². The second kappa shape index (κ2) is 5.40. The average Bonchev–Trinajstić information content (AvgIpc) is 2.45. The van der Waals surface area contributed by atoms with Crippen molar-refractivity contribution in [2.45, 2.75) is 31.4 Å². The second-order valence-corrected chi connectivity index (χ2v) is 3.63. The average molecular weight is 258 g/mol. The molecule has 0 spiro atoms. The highest BCUT2D eigenvalue weighted by molar-refractivity contribution is 5.88. The Bertz CT molecular complexity index is 288. The van der Waals surface area contributed by atoms with Crippen LogP contribution >= 0.6 is 12.4 Å². The van der Waals surface area contributed by atoms with Crippen molar-refractivity contribution in [3.8, 4) is 0 Å². The molecule has 1 rings (SSSR count). The molecule has 0 aliphatic carbocycles.